The summed E-state index contributed by atoms with van der Waals surface area (Å²) in [5, 5.41) is 5.91. The van der Waals surface area contributed by atoms with E-state index in [2.05, 4.69) is 41.4 Å². The molecule has 106 valence electrons. The second kappa shape index (κ2) is 7.74. The van der Waals surface area contributed by atoms with Gasteiger partial charge in [-0.1, -0.05) is 0 Å². The molecular weight excluding hydrogens is 240 g/mol. The van der Waals surface area contributed by atoms with Crippen molar-refractivity contribution in [3.05, 3.63) is 24.0 Å². The molecule has 0 saturated carbocycles. The number of pyridine rings is 1. The van der Waals surface area contributed by atoms with Crippen LogP contribution in [0, 0.1) is 0 Å². The highest BCUT2D eigenvalue weighted by Crippen LogP contribution is 2.11. The van der Waals surface area contributed by atoms with Crippen LogP contribution in [-0.2, 0) is 0 Å². The molecule has 0 atom stereocenters. The third-order valence-electron chi connectivity index (χ3n) is 3.19. The van der Waals surface area contributed by atoms with Crippen molar-refractivity contribution in [1.82, 2.24) is 15.2 Å². The van der Waals surface area contributed by atoms with E-state index in [1.807, 2.05) is 0 Å². The first kappa shape index (κ1) is 15.4. The van der Waals surface area contributed by atoms with E-state index in [-0.39, 0.29) is 5.91 Å². The molecule has 0 aliphatic heterocycles. The van der Waals surface area contributed by atoms with Crippen LogP contribution in [0.25, 0.3) is 0 Å². The first-order valence-corrected chi connectivity index (χ1v) is 6.66. The average molecular weight is 264 g/mol. The molecule has 0 unspecified atom stereocenters. The predicted molar refractivity (Wildman–Crippen MR) is 78.5 cm³/mol. The standard InChI is InChI=1S/C14H24N4O/c1-11(2)18(4)9-5-7-17-14(19)12-10-16-8-6-13(12)15-3/h6,8,10-11H,5,7,9H2,1-4H3,(H,15,16)(H,17,19). The van der Waals surface area contributed by atoms with Gasteiger partial charge in [-0.3, -0.25) is 9.78 Å². The van der Waals surface area contributed by atoms with Gasteiger partial charge < -0.3 is 15.5 Å². The molecule has 1 aromatic heterocycles. The van der Waals surface area contributed by atoms with Crippen LogP contribution in [-0.4, -0.2) is 49.0 Å². The smallest absolute Gasteiger partial charge is 0.254 e. The van der Waals surface area contributed by atoms with Gasteiger partial charge in [0.1, 0.15) is 0 Å². The summed E-state index contributed by atoms with van der Waals surface area (Å²) in [5.74, 6) is -0.0790. The Bertz CT molecular complexity index is 406. The first-order valence-electron chi connectivity index (χ1n) is 6.66. The highest BCUT2D eigenvalue weighted by Gasteiger charge is 2.10. The predicted octanol–water partition coefficient (Wildman–Crippen LogP) is 1.58. The molecule has 1 rings (SSSR count). The number of anilines is 1. The molecule has 5 heteroatoms. The van der Waals surface area contributed by atoms with E-state index in [1.54, 1.807) is 25.5 Å². The van der Waals surface area contributed by atoms with Gasteiger partial charge in [-0.15, -0.1) is 0 Å². The molecule has 5 nitrogen and oxygen atoms in total. The highest BCUT2D eigenvalue weighted by atomic mass is 16.1. The Morgan fingerprint density at radius 3 is 2.84 bits per heavy atom. The van der Waals surface area contributed by atoms with Crippen LogP contribution in [0.3, 0.4) is 0 Å². The quantitative estimate of drug-likeness (QED) is 0.734. The summed E-state index contributed by atoms with van der Waals surface area (Å²) >= 11 is 0. The van der Waals surface area contributed by atoms with E-state index < -0.39 is 0 Å². The van der Waals surface area contributed by atoms with Crippen LogP contribution < -0.4 is 10.6 Å². The first-order chi connectivity index (χ1) is 9.06. The largest absolute Gasteiger partial charge is 0.387 e. The van der Waals surface area contributed by atoms with Crippen LogP contribution >= 0.6 is 0 Å². The summed E-state index contributed by atoms with van der Waals surface area (Å²) in [6.45, 7) is 5.97. The molecule has 1 aromatic rings. The zero-order valence-corrected chi connectivity index (χ0v) is 12.2. The van der Waals surface area contributed by atoms with E-state index in [0.29, 0.717) is 18.2 Å². The SMILES string of the molecule is CNc1ccncc1C(=O)NCCCN(C)C(C)C. The van der Waals surface area contributed by atoms with Crippen molar-refractivity contribution >= 4 is 11.6 Å². The van der Waals surface area contributed by atoms with Crippen molar-refractivity contribution < 1.29 is 4.79 Å². The summed E-state index contributed by atoms with van der Waals surface area (Å²) in [5.41, 5.74) is 1.38. The molecule has 0 aliphatic carbocycles. The molecule has 2 N–H and O–H groups in total. The van der Waals surface area contributed by atoms with E-state index >= 15 is 0 Å². The van der Waals surface area contributed by atoms with E-state index in [4.69, 9.17) is 0 Å². The lowest BCUT2D eigenvalue weighted by Crippen LogP contribution is -2.31. The second-order valence-electron chi connectivity index (χ2n) is 4.86. The van der Waals surface area contributed by atoms with Crippen molar-refractivity contribution in [3.63, 3.8) is 0 Å². The van der Waals surface area contributed by atoms with Crippen molar-refractivity contribution in [2.75, 3.05) is 32.5 Å². The van der Waals surface area contributed by atoms with Crippen LogP contribution in [0.1, 0.15) is 30.6 Å². The number of amides is 1. The Morgan fingerprint density at radius 1 is 1.47 bits per heavy atom. The van der Waals surface area contributed by atoms with Crippen LogP contribution in [0.15, 0.2) is 18.5 Å². The molecule has 0 radical (unpaired) electrons. The lowest BCUT2D eigenvalue weighted by molar-refractivity contribution is 0.0952. The molecule has 0 aromatic carbocycles. The fourth-order valence-corrected chi connectivity index (χ4v) is 1.68. The Balaban J connectivity index is 2.39. The topological polar surface area (TPSA) is 57.3 Å². The van der Waals surface area contributed by atoms with Gasteiger partial charge in [-0.2, -0.15) is 0 Å². The molecule has 0 bridgehead atoms. The third kappa shape index (κ3) is 4.87. The average Bonchev–Trinajstić information content (AvgIpc) is 2.42. The normalized spacial score (nSPS) is 10.8. The molecule has 1 heterocycles. The number of nitrogens with zero attached hydrogens (tertiary/aromatic N) is 2. The molecule has 0 fully saturated rings. The maximum absolute atomic E-state index is 12.0. The summed E-state index contributed by atoms with van der Waals surface area (Å²) in [6, 6.07) is 2.33. The van der Waals surface area contributed by atoms with Gasteiger partial charge >= 0.3 is 0 Å². The summed E-state index contributed by atoms with van der Waals surface area (Å²) in [4.78, 5) is 18.2. The van der Waals surface area contributed by atoms with Crippen LogP contribution in [0.2, 0.25) is 0 Å². The van der Waals surface area contributed by atoms with Crippen molar-refractivity contribution in [1.29, 1.82) is 0 Å². The molecule has 19 heavy (non-hydrogen) atoms. The van der Waals surface area contributed by atoms with Gasteiger partial charge in [0.2, 0.25) is 0 Å². The minimum atomic E-state index is -0.0790. The van der Waals surface area contributed by atoms with Gasteiger partial charge in [0.15, 0.2) is 0 Å². The molecule has 0 aliphatic rings. The summed E-state index contributed by atoms with van der Waals surface area (Å²) in [7, 11) is 3.89. The zero-order chi connectivity index (χ0) is 14.3. The van der Waals surface area contributed by atoms with Gasteiger partial charge in [-0.25, -0.2) is 0 Å². The summed E-state index contributed by atoms with van der Waals surface area (Å²) < 4.78 is 0. The van der Waals surface area contributed by atoms with Crippen molar-refractivity contribution in [2.45, 2.75) is 26.3 Å². The lowest BCUT2D eigenvalue weighted by Gasteiger charge is -2.20. The minimum Gasteiger partial charge on any atom is -0.387 e. The van der Waals surface area contributed by atoms with Crippen LogP contribution in [0.4, 0.5) is 5.69 Å². The van der Waals surface area contributed by atoms with E-state index in [9.17, 15) is 4.79 Å². The number of hydrogen-bond donors (Lipinski definition) is 2. The number of carbonyl (C=O) groups excluding carboxylic acids is 1. The van der Waals surface area contributed by atoms with Crippen molar-refractivity contribution in [2.24, 2.45) is 0 Å². The Morgan fingerprint density at radius 2 is 2.21 bits per heavy atom. The molecular formula is C14H24N4O. The fourth-order valence-electron chi connectivity index (χ4n) is 1.68. The monoisotopic (exact) mass is 264 g/mol. The van der Waals surface area contributed by atoms with Crippen LogP contribution in [0.5, 0.6) is 0 Å². The van der Waals surface area contributed by atoms with Crippen molar-refractivity contribution in [3.8, 4) is 0 Å². The van der Waals surface area contributed by atoms with Gasteiger partial charge in [0.25, 0.3) is 5.91 Å². The maximum Gasteiger partial charge on any atom is 0.254 e. The summed E-state index contributed by atoms with van der Waals surface area (Å²) in [6.07, 6.45) is 4.19. The third-order valence-corrected chi connectivity index (χ3v) is 3.19. The molecule has 1 amide bonds. The number of hydrogen-bond acceptors (Lipinski definition) is 4. The van der Waals surface area contributed by atoms with E-state index in [1.165, 1.54) is 0 Å². The maximum atomic E-state index is 12.0. The molecule has 0 spiro atoms. The second-order valence-corrected chi connectivity index (χ2v) is 4.86. The molecule has 0 saturated heterocycles. The Kier molecular flexibility index (Phi) is 6.29. The number of carbonyl (C=O) groups is 1. The number of rotatable bonds is 7. The van der Waals surface area contributed by atoms with E-state index in [0.717, 1.165) is 18.7 Å². The number of aromatic nitrogens is 1. The highest BCUT2D eigenvalue weighted by molar-refractivity contribution is 5.99. The number of nitrogens with one attached hydrogen (secondary N) is 2. The zero-order valence-electron chi connectivity index (χ0n) is 12.2. The lowest BCUT2D eigenvalue weighted by atomic mass is 10.2. The van der Waals surface area contributed by atoms with Gasteiger partial charge in [0.05, 0.1) is 5.56 Å². The Hall–Kier alpha value is -1.62. The Labute approximate surface area is 115 Å². The van der Waals surface area contributed by atoms with Gasteiger partial charge in [0, 0.05) is 37.7 Å². The minimum absolute atomic E-state index is 0.0790. The fraction of sp³-hybridized carbons (Fsp3) is 0.571. The van der Waals surface area contributed by atoms with Gasteiger partial charge in [-0.05, 0) is 39.9 Å².